The quantitative estimate of drug-likeness (QED) is 0.348. The van der Waals surface area contributed by atoms with Crippen molar-refractivity contribution in [3.8, 4) is 11.5 Å². The van der Waals surface area contributed by atoms with Crippen LogP contribution in [0.25, 0.3) is 0 Å². The highest BCUT2D eigenvalue weighted by Gasteiger charge is 2.49. The number of ether oxygens (including phenoxy) is 3. The maximum absolute atomic E-state index is 13.1. The van der Waals surface area contributed by atoms with Gasteiger partial charge in [-0.3, -0.25) is 14.5 Å². The number of nitrogens with one attached hydrogen (secondary N) is 2. The van der Waals surface area contributed by atoms with Crippen LogP contribution >= 0.6 is 0 Å². The fraction of sp³-hybridized carbons (Fsp3) is 0.333. The third-order valence-electron chi connectivity index (χ3n) is 5.66. The lowest BCUT2D eigenvalue weighted by Crippen LogP contribution is -2.42. The number of nitrogens with zero attached hydrogens (tertiary/aromatic N) is 1. The molecule has 1 saturated heterocycles. The van der Waals surface area contributed by atoms with Crippen molar-refractivity contribution >= 4 is 29.5 Å². The van der Waals surface area contributed by atoms with Gasteiger partial charge in [-0.2, -0.15) is 0 Å². The van der Waals surface area contributed by atoms with E-state index in [9.17, 15) is 19.2 Å². The minimum atomic E-state index is -1.35. The number of unbranched alkanes of at least 4 members (excludes halogenated alkanes) is 1. The summed E-state index contributed by atoms with van der Waals surface area (Å²) in [6.45, 7) is 3.54. The SMILES string of the molecule is CCCCOC(=O)c1ccc(NC(=O)CN2C(=O)NC(C)(c3ccc4c(c3)OCO4)C2=O)cc1. The fourth-order valence-corrected chi connectivity index (χ4v) is 3.67. The van der Waals surface area contributed by atoms with E-state index in [-0.39, 0.29) is 6.79 Å². The number of carbonyl (C=O) groups is 4. The Bertz CT molecular complexity index is 1130. The zero-order chi connectivity index (χ0) is 24.3. The van der Waals surface area contributed by atoms with Gasteiger partial charge in [0.15, 0.2) is 11.5 Å². The van der Waals surface area contributed by atoms with Gasteiger partial charge in [-0.25, -0.2) is 9.59 Å². The summed E-state index contributed by atoms with van der Waals surface area (Å²) in [5, 5.41) is 5.29. The van der Waals surface area contributed by atoms with Crippen molar-refractivity contribution in [1.29, 1.82) is 0 Å². The number of hydrogen-bond acceptors (Lipinski definition) is 7. The third-order valence-corrected chi connectivity index (χ3v) is 5.66. The molecule has 4 rings (SSSR count). The van der Waals surface area contributed by atoms with Gasteiger partial charge in [0.1, 0.15) is 12.1 Å². The van der Waals surface area contributed by atoms with E-state index in [0.717, 1.165) is 17.7 Å². The van der Waals surface area contributed by atoms with Crippen molar-refractivity contribution < 1.29 is 33.4 Å². The summed E-state index contributed by atoms with van der Waals surface area (Å²) < 4.78 is 15.8. The Morgan fingerprint density at radius 1 is 1.12 bits per heavy atom. The molecule has 2 aromatic carbocycles. The first-order valence-corrected chi connectivity index (χ1v) is 10.9. The molecular weight excluding hydrogens is 442 g/mol. The van der Waals surface area contributed by atoms with Crippen LogP contribution in [0.3, 0.4) is 0 Å². The lowest BCUT2D eigenvalue weighted by molar-refractivity contribution is -0.133. The Kier molecular flexibility index (Phi) is 6.40. The van der Waals surface area contributed by atoms with Crippen molar-refractivity contribution in [3.05, 3.63) is 53.6 Å². The molecule has 34 heavy (non-hydrogen) atoms. The first kappa shape index (κ1) is 23.1. The number of amides is 4. The second kappa shape index (κ2) is 9.42. The van der Waals surface area contributed by atoms with Crippen molar-refractivity contribution in [2.75, 3.05) is 25.3 Å². The van der Waals surface area contributed by atoms with Gasteiger partial charge in [0.05, 0.1) is 12.2 Å². The number of fused-ring (bicyclic) bond motifs is 1. The monoisotopic (exact) mass is 467 g/mol. The van der Waals surface area contributed by atoms with Crippen molar-refractivity contribution in [2.24, 2.45) is 0 Å². The first-order valence-electron chi connectivity index (χ1n) is 10.9. The van der Waals surface area contributed by atoms with Gasteiger partial charge in [0, 0.05) is 5.69 Å². The molecule has 2 heterocycles. The normalized spacial score (nSPS) is 18.6. The van der Waals surface area contributed by atoms with Crippen LogP contribution < -0.4 is 20.1 Å². The maximum Gasteiger partial charge on any atom is 0.338 e. The third kappa shape index (κ3) is 4.52. The summed E-state index contributed by atoms with van der Waals surface area (Å²) in [6.07, 6.45) is 1.71. The molecule has 2 aliphatic heterocycles. The van der Waals surface area contributed by atoms with E-state index in [0.29, 0.717) is 34.9 Å². The van der Waals surface area contributed by atoms with Crippen molar-refractivity contribution in [3.63, 3.8) is 0 Å². The van der Waals surface area contributed by atoms with Crippen LogP contribution in [0.15, 0.2) is 42.5 Å². The van der Waals surface area contributed by atoms with Gasteiger partial charge >= 0.3 is 12.0 Å². The average molecular weight is 467 g/mol. The smallest absolute Gasteiger partial charge is 0.338 e. The molecule has 1 atom stereocenters. The van der Waals surface area contributed by atoms with Crippen LogP contribution in [0, 0.1) is 0 Å². The molecule has 10 heteroatoms. The molecule has 0 saturated carbocycles. The zero-order valence-electron chi connectivity index (χ0n) is 18.9. The maximum atomic E-state index is 13.1. The highest BCUT2D eigenvalue weighted by atomic mass is 16.7. The Balaban J connectivity index is 1.38. The molecule has 1 fully saturated rings. The van der Waals surface area contributed by atoms with E-state index >= 15 is 0 Å². The molecule has 2 aromatic rings. The van der Waals surface area contributed by atoms with E-state index in [1.165, 1.54) is 12.1 Å². The number of rotatable bonds is 8. The van der Waals surface area contributed by atoms with Crippen molar-refractivity contribution in [2.45, 2.75) is 32.2 Å². The molecule has 10 nitrogen and oxygen atoms in total. The predicted octanol–water partition coefficient (Wildman–Crippen LogP) is 2.78. The van der Waals surface area contributed by atoms with Crippen LogP contribution in [0.4, 0.5) is 10.5 Å². The summed E-state index contributed by atoms with van der Waals surface area (Å²) >= 11 is 0. The number of urea groups is 1. The molecule has 2 N–H and O–H groups in total. The minimum Gasteiger partial charge on any atom is -0.462 e. The Hall–Kier alpha value is -4.08. The lowest BCUT2D eigenvalue weighted by Gasteiger charge is -2.22. The summed E-state index contributed by atoms with van der Waals surface area (Å²) in [5.74, 6) is -0.517. The van der Waals surface area contributed by atoms with E-state index in [1.54, 1.807) is 37.3 Å². The Labute approximate surface area is 196 Å². The molecule has 1 unspecified atom stereocenters. The number of anilines is 1. The Morgan fingerprint density at radius 3 is 2.59 bits per heavy atom. The molecule has 178 valence electrons. The van der Waals surface area contributed by atoms with Gasteiger partial charge in [-0.15, -0.1) is 0 Å². The highest BCUT2D eigenvalue weighted by Crippen LogP contribution is 2.37. The summed E-state index contributed by atoms with van der Waals surface area (Å²) in [4.78, 5) is 51.0. The highest BCUT2D eigenvalue weighted by molar-refractivity contribution is 6.10. The number of esters is 1. The van der Waals surface area contributed by atoms with Crippen LogP contribution in [-0.2, 0) is 19.9 Å². The predicted molar refractivity (Wildman–Crippen MR) is 120 cm³/mol. The van der Waals surface area contributed by atoms with E-state index in [2.05, 4.69) is 10.6 Å². The average Bonchev–Trinajstić information content (AvgIpc) is 3.38. The number of benzene rings is 2. The standard InChI is InChI=1S/C24H25N3O7/c1-3-4-11-32-21(29)15-5-8-17(9-6-15)25-20(28)13-27-22(30)24(2,26-23(27)31)16-7-10-18-19(12-16)34-14-33-18/h5-10,12H,3-4,11,13-14H2,1-2H3,(H,25,28)(H,26,31). The first-order chi connectivity index (χ1) is 16.3. The van der Waals surface area contributed by atoms with Crippen LogP contribution in [0.5, 0.6) is 11.5 Å². The number of hydrogen-bond donors (Lipinski definition) is 2. The van der Waals surface area contributed by atoms with E-state index < -0.39 is 35.9 Å². The molecule has 0 radical (unpaired) electrons. The summed E-state index contributed by atoms with van der Waals surface area (Å²) in [7, 11) is 0. The van der Waals surface area contributed by atoms with Gasteiger partial charge in [0.2, 0.25) is 12.7 Å². The van der Waals surface area contributed by atoms with Gasteiger partial charge < -0.3 is 24.8 Å². The lowest BCUT2D eigenvalue weighted by atomic mass is 9.91. The number of carbonyl (C=O) groups excluding carboxylic acids is 4. The Morgan fingerprint density at radius 2 is 1.85 bits per heavy atom. The van der Waals surface area contributed by atoms with Gasteiger partial charge in [0.25, 0.3) is 5.91 Å². The summed E-state index contributed by atoms with van der Waals surface area (Å²) in [6, 6.07) is 10.5. The molecule has 0 aromatic heterocycles. The molecule has 2 aliphatic rings. The molecule has 4 amide bonds. The molecule has 0 aliphatic carbocycles. The summed E-state index contributed by atoms with van der Waals surface area (Å²) in [5.41, 5.74) is -0.0548. The number of imide groups is 1. The van der Waals surface area contributed by atoms with Crippen LogP contribution in [-0.4, -0.2) is 48.7 Å². The minimum absolute atomic E-state index is 0.0864. The van der Waals surface area contributed by atoms with Gasteiger partial charge in [-0.05, 0) is 55.3 Å². The molecular formula is C24H25N3O7. The molecule has 0 bridgehead atoms. The van der Waals surface area contributed by atoms with Gasteiger partial charge in [-0.1, -0.05) is 19.4 Å². The van der Waals surface area contributed by atoms with Crippen molar-refractivity contribution in [1.82, 2.24) is 10.2 Å². The zero-order valence-corrected chi connectivity index (χ0v) is 18.9. The van der Waals surface area contributed by atoms with E-state index in [4.69, 9.17) is 14.2 Å². The second-order valence-corrected chi connectivity index (χ2v) is 8.13. The van der Waals surface area contributed by atoms with E-state index in [1.807, 2.05) is 6.92 Å². The topological polar surface area (TPSA) is 123 Å². The van der Waals surface area contributed by atoms with Crippen LogP contribution in [0.1, 0.15) is 42.6 Å². The second-order valence-electron chi connectivity index (χ2n) is 8.13. The fourth-order valence-electron chi connectivity index (χ4n) is 3.67. The largest absolute Gasteiger partial charge is 0.462 e. The molecule has 0 spiro atoms. The van der Waals surface area contributed by atoms with Crippen LogP contribution in [0.2, 0.25) is 0 Å².